The molecule has 0 spiro atoms. The molecule has 2 aromatic carbocycles. The number of hydrogen-bond acceptors (Lipinski definition) is 2. The summed E-state index contributed by atoms with van der Waals surface area (Å²) in [5, 5.41) is 7.85. The van der Waals surface area contributed by atoms with Gasteiger partial charge in [-0.25, -0.2) is 4.39 Å². The van der Waals surface area contributed by atoms with Gasteiger partial charge >= 0.3 is 0 Å². The quantitative estimate of drug-likeness (QED) is 0.573. The molecule has 0 amide bonds. The maximum Gasteiger partial charge on any atom is 0.132 e. The molecule has 0 fully saturated rings. The van der Waals surface area contributed by atoms with E-state index < -0.39 is 0 Å². The van der Waals surface area contributed by atoms with E-state index in [9.17, 15) is 4.39 Å². The van der Waals surface area contributed by atoms with Gasteiger partial charge in [0.15, 0.2) is 0 Å². The van der Waals surface area contributed by atoms with Crippen LogP contribution in [-0.2, 0) is 12.8 Å². The van der Waals surface area contributed by atoms with Gasteiger partial charge in [0.05, 0.1) is 12.4 Å². The molecule has 2 rings (SSSR count). The Hall–Kier alpha value is -2.29. The van der Waals surface area contributed by atoms with Gasteiger partial charge in [0.2, 0.25) is 0 Å². The molecule has 0 unspecified atom stereocenters. The zero-order valence-corrected chi connectivity index (χ0v) is 12.4. The Kier molecular flexibility index (Phi) is 5.38. The fourth-order valence-corrected chi connectivity index (χ4v) is 1.93. The van der Waals surface area contributed by atoms with Crippen molar-refractivity contribution in [3.63, 3.8) is 0 Å². The van der Waals surface area contributed by atoms with E-state index in [2.05, 4.69) is 29.3 Å². The smallest absolute Gasteiger partial charge is 0.132 e. The molecule has 0 heterocycles. The highest BCUT2D eigenvalue weighted by molar-refractivity contribution is 5.82. The molecular weight excluding hydrogens is 263 g/mol. The third-order valence-corrected chi connectivity index (χ3v) is 3.33. The highest BCUT2D eigenvalue weighted by Gasteiger charge is 1.99. The molecule has 2 aromatic rings. The molecule has 108 valence electrons. The maximum absolute atomic E-state index is 13.7. The molecule has 0 saturated heterocycles. The van der Waals surface area contributed by atoms with Crippen LogP contribution in [0.3, 0.4) is 0 Å². The van der Waals surface area contributed by atoms with E-state index in [4.69, 9.17) is 0 Å². The summed E-state index contributed by atoms with van der Waals surface area (Å²) in [5.74, 6) is -0.263. The van der Waals surface area contributed by atoms with E-state index >= 15 is 0 Å². The van der Waals surface area contributed by atoms with Gasteiger partial charge in [-0.15, -0.1) is 0 Å². The summed E-state index contributed by atoms with van der Waals surface area (Å²) in [6.45, 7) is 4.11. The molecule has 0 aliphatic heterocycles. The van der Waals surface area contributed by atoms with Crippen LogP contribution in [0.1, 0.15) is 36.1 Å². The Morgan fingerprint density at radius 3 is 2.10 bits per heavy atom. The number of nitrogens with zero attached hydrogens (tertiary/aromatic N) is 2. The van der Waals surface area contributed by atoms with Gasteiger partial charge in [-0.1, -0.05) is 50.2 Å². The van der Waals surface area contributed by atoms with Crippen LogP contribution in [0, 0.1) is 5.82 Å². The van der Waals surface area contributed by atoms with E-state index in [1.54, 1.807) is 12.3 Å². The van der Waals surface area contributed by atoms with E-state index in [1.807, 2.05) is 25.1 Å². The van der Waals surface area contributed by atoms with Crippen LogP contribution < -0.4 is 0 Å². The summed E-state index contributed by atoms with van der Waals surface area (Å²) in [6.07, 6.45) is 4.93. The van der Waals surface area contributed by atoms with Crippen LogP contribution in [0.25, 0.3) is 0 Å². The van der Waals surface area contributed by atoms with Crippen molar-refractivity contribution in [2.24, 2.45) is 10.2 Å². The molecule has 0 aliphatic carbocycles. The highest BCUT2D eigenvalue weighted by Crippen LogP contribution is 2.09. The number of halogens is 1. The first-order valence-corrected chi connectivity index (χ1v) is 7.16. The summed E-state index contributed by atoms with van der Waals surface area (Å²) in [5.41, 5.74) is 3.69. The van der Waals surface area contributed by atoms with Gasteiger partial charge in [-0.05, 0) is 35.6 Å². The van der Waals surface area contributed by atoms with Gasteiger partial charge in [-0.3, -0.25) is 0 Å². The molecule has 0 saturated carbocycles. The Morgan fingerprint density at radius 1 is 0.857 bits per heavy atom. The zero-order chi connectivity index (χ0) is 15.1. The van der Waals surface area contributed by atoms with E-state index in [0.717, 1.165) is 24.0 Å². The molecule has 0 radical (unpaired) electrons. The van der Waals surface area contributed by atoms with Crippen molar-refractivity contribution >= 4 is 12.4 Å². The monoisotopic (exact) mass is 282 g/mol. The molecular formula is C18H19FN2. The number of rotatable bonds is 5. The minimum absolute atomic E-state index is 0.263. The Morgan fingerprint density at radius 2 is 1.48 bits per heavy atom. The van der Waals surface area contributed by atoms with Crippen molar-refractivity contribution < 1.29 is 4.39 Å². The summed E-state index contributed by atoms with van der Waals surface area (Å²) >= 11 is 0. The zero-order valence-electron chi connectivity index (χ0n) is 12.4. The Labute approximate surface area is 125 Å². The van der Waals surface area contributed by atoms with Crippen molar-refractivity contribution in [3.8, 4) is 0 Å². The van der Waals surface area contributed by atoms with Crippen LogP contribution in [0.5, 0.6) is 0 Å². The van der Waals surface area contributed by atoms with Crippen molar-refractivity contribution in [1.29, 1.82) is 0 Å². The summed E-state index contributed by atoms with van der Waals surface area (Å²) < 4.78 is 13.7. The molecule has 0 aliphatic rings. The fourth-order valence-electron chi connectivity index (χ4n) is 1.93. The van der Waals surface area contributed by atoms with E-state index in [1.165, 1.54) is 17.8 Å². The van der Waals surface area contributed by atoms with Crippen molar-refractivity contribution in [1.82, 2.24) is 0 Å². The van der Waals surface area contributed by atoms with Gasteiger partial charge in [-0.2, -0.15) is 10.2 Å². The molecule has 0 atom stereocenters. The minimum atomic E-state index is -0.263. The lowest BCUT2D eigenvalue weighted by Gasteiger charge is -1.99. The van der Waals surface area contributed by atoms with Crippen LogP contribution in [0.4, 0.5) is 4.39 Å². The van der Waals surface area contributed by atoms with Gasteiger partial charge < -0.3 is 0 Å². The molecule has 21 heavy (non-hydrogen) atoms. The van der Waals surface area contributed by atoms with Crippen LogP contribution >= 0.6 is 0 Å². The average Bonchev–Trinajstić information content (AvgIpc) is 2.53. The third kappa shape index (κ3) is 4.35. The average molecular weight is 282 g/mol. The lowest BCUT2D eigenvalue weighted by atomic mass is 10.1. The first kappa shape index (κ1) is 15.1. The second-order valence-corrected chi connectivity index (χ2v) is 4.79. The number of aryl methyl sites for hydroxylation is 2. The van der Waals surface area contributed by atoms with E-state index in [-0.39, 0.29) is 5.82 Å². The van der Waals surface area contributed by atoms with Crippen LogP contribution in [0.15, 0.2) is 52.7 Å². The lowest BCUT2D eigenvalue weighted by Crippen LogP contribution is -1.90. The predicted molar refractivity (Wildman–Crippen MR) is 86.8 cm³/mol. The summed E-state index contributed by atoms with van der Waals surface area (Å²) in [4.78, 5) is 0. The minimum Gasteiger partial charge on any atom is -0.206 e. The third-order valence-electron chi connectivity index (χ3n) is 3.33. The predicted octanol–water partition coefficient (Wildman–Crippen LogP) is 4.40. The SMILES string of the molecule is CCc1ccc(/C=N/N=C/c2ccc(CC)cc2F)cc1. The first-order chi connectivity index (χ1) is 10.2. The normalized spacial score (nSPS) is 11.6. The molecule has 2 nitrogen and oxygen atoms in total. The van der Waals surface area contributed by atoms with Crippen LogP contribution in [-0.4, -0.2) is 12.4 Å². The van der Waals surface area contributed by atoms with Crippen molar-refractivity contribution in [3.05, 3.63) is 70.5 Å². The van der Waals surface area contributed by atoms with Gasteiger partial charge in [0.1, 0.15) is 5.82 Å². The second kappa shape index (κ2) is 7.48. The molecule has 3 heteroatoms. The summed E-state index contributed by atoms with van der Waals surface area (Å²) in [7, 11) is 0. The lowest BCUT2D eigenvalue weighted by molar-refractivity contribution is 0.624. The second-order valence-electron chi connectivity index (χ2n) is 4.79. The molecule has 0 bridgehead atoms. The largest absolute Gasteiger partial charge is 0.206 e. The van der Waals surface area contributed by atoms with Crippen molar-refractivity contribution in [2.75, 3.05) is 0 Å². The van der Waals surface area contributed by atoms with Gasteiger partial charge in [0.25, 0.3) is 0 Å². The van der Waals surface area contributed by atoms with E-state index in [0.29, 0.717) is 5.56 Å². The fraction of sp³-hybridized carbons (Fsp3) is 0.222. The molecule has 0 aromatic heterocycles. The standard InChI is InChI=1S/C18H19FN2/c1-3-14-5-7-16(8-6-14)12-20-21-13-17-10-9-15(4-2)11-18(17)19/h5-13H,3-4H2,1-2H3/b20-12+,21-13+. The Bertz CT molecular complexity index is 643. The first-order valence-electron chi connectivity index (χ1n) is 7.16. The van der Waals surface area contributed by atoms with Crippen LogP contribution in [0.2, 0.25) is 0 Å². The summed E-state index contributed by atoms with van der Waals surface area (Å²) in [6, 6.07) is 13.3. The maximum atomic E-state index is 13.7. The van der Waals surface area contributed by atoms with Gasteiger partial charge in [0, 0.05) is 5.56 Å². The highest BCUT2D eigenvalue weighted by atomic mass is 19.1. The number of hydrogen-bond donors (Lipinski definition) is 0. The Balaban J connectivity index is 2.02. The molecule has 0 N–H and O–H groups in total. The topological polar surface area (TPSA) is 24.7 Å². The number of benzene rings is 2. The van der Waals surface area contributed by atoms with Crippen molar-refractivity contribution in [2.45, 2.75) is 26.7 Å².